The minimum absolute atomic E-state index is 0.0963. The van der Waals surface area contributed by atoms with Crippen LogP contribution in [0.1, 0.15) is 46.5 Å². The number of carbonyl (C=O) groups is 1. The van der Waals surface area contributed by atoms with Gasteiger partial charge in [0.1, 0.15) is 6.61 Å². The van der Waals surface area contributed by atoms with E-state index in [1.807, 2.05) is 26.7 Å². The van der Waals surface area contributed by atoms with Gasteiger partial charge in [-0.1, -0.05) is 5.92 Å². The number of hydrogen-bond donors (Lipinski definition) is 1. The maximum atomic E-state index is 13.1. The van der Waals surface area contributed by atoms with Crippen LogP contribution in [0.4, 0.5) is 8.78 Å². The lowest BCUT2D eigenvalue weighted by Crippen LogP contribution is -2.43. The molecule has 19 heavy (non-hydrogen) atoms. The molecule has 1 N–H and O–H groups in total. The van der Waals surface area contributed by atoms with Crippen molar-refractivity contribution in [1.82, 2.24) is 5.32 Å². The zero-order valence-electron chi connectivity index (χ0n) is 11.7. The summed E-state index contributed by atoms with van der Waals surface area (Å²) in [5, 5.41) is 2.76. The molecule has 0 aromatic carbocycles. The number of amides is 1. The summed E-state index contributed by atoms with van der Waals surface area (Å²) in [6.07, 6.45) is 0.550. The highest BCUT2D eigenvalue weighted by atomic mass is 19.3. The average molecular weight is 273 g/mol. The molecule has 0 spiro atoms. The van der Waals surface area contributed by atoms with E-state index in [2.05, 4.69) is 11.2 Å². The molecule has 0 fully saturated rings. The zero-order chi connectivity index (χ0) is 14.5. The molecule has 0 saturated heterocycles. The first-order valence-electron chi connectivity index (χ1n) is 6.48. The normalized spacial score (nSPS) is 22.7. The molecule has 0 aliphatic heterocycles. The van der Waals surface area contributed by atoms with E-state index in [4.69, 9.17) is 4.74 Å². The van der Waals surface area contributed by atoms with Gasteiger partial charge >= 0.3 is 5.92 Å². The fraction of sp³-hybridized carbons (Fsp3) is 0.786. The second-order valence-electron chi connectivity index (χ2n) is 5.81. The first kappa shape index (κ1) is 15.9. The summed E-state index contributed by atoms with van der Waals surface area (Å²) in [5.74, 6) is 1.25. The Hall–Kier alpha value is -1.15. The summed E-state index contributed by atoms with van der Waals surface area (Å²) < 4.78 is 31.7. The first-order chi connectivity index (χ1) is 8.68. The summed E-state index contributed by atoms with van der Waals surface area (Å²) in [7, 11) is 0. The van der Waals surface area contributed by atoms with E-state index in [1.165, 1.54) is 0 Å². The van der Waals surface area contributed by atoms with E-state index < -0.39 is 5.92 Å². The van der Waals surface area contributed by atoms with Crippen LogP contribution < -0.4 is 5.32 Å². The number of rotatable bonds is 3. The Balaban J connectivity index is 2.38. The molecule has 0 saturated carbocycles. The van der Waals surface area contributed by atoms with E-state index in [-0.39, 0.29) is 37.0 Å². The largest absolute Gasteiger partial charge is 0.368 e. The smallest absolute Gasteiger partial charge is 0.308 e. The second-order valence-corrected chi connectivity index (χ2v) is 5.81. The van der Waals surface area contributed by atoms with Gasteiger partial charge in [0.15, 0.2) is 0 Å². The van der Waals surface area contributed by atoms with E-state index in [0.29, 0.717) is 12.8 Å². The molecule has 1 aliphatic carbocycles. The van der Waals surface area contributed by atoms with Crippen LogP contribution >= 0.6 is 0 Å². The Bertz CT molecular complexity index is 377. The molecular weight excluding hydrogens is 252 g/mol. The standard InChI is InChI=1S/C14H21F2NO2/c1-13(2,3)17-12(18)10-19-11-6-4-5-8-14(15,16)9-7-11/h11H,4,6-7,9-10H2,1-3H3,(H,17,18). The summed E-state index contributed by atoms with van der Waals surface area (Å²) in [5.41, 5.74) is -0.320. The van der Waals surface area contributed by atoms with E-state index in [9.17, 15) is 13.6 Å². The SMILES string of the molecule is CC(C)(C)NC(=O)COC1CCC#CC(F)(F)CC1. The van der Waals surface area contributed by atoms with Gasteiger partial charge in [0.25, 0.3) is 0 Å². The second kappa shape index (κ2) is 6.33. The third kappa shape index (κ3) is 7.12. The van der Waals surface area contributed by atoms with Crippen molar-refractivity contribution in [3.8, 4) is 11.8 Å². The molecule has 108 valence electrons. The van der Waals surface area contributed by atoms with Gasteiger partial charge in [0.05, 0.1) is 6.10 Å². The van der Waals surface area contributed by atoms with Gasteiger partial charge in [-0.2, -0.15) is 8.78 Å². The van der Waals surface area contributed by atoms with Crippen molar-refractivity contribution in [1.29, 1.82) is 0 Å². The highest BCUT2D eigenvalue weighted by Gasteiger charge is 2.28. The summed E-state index contributed by atoms with van der Waals surface area (Å²) in [6, 6.07) is 0. The van der Waals surface area contributed by atoms with Gasteiger partial charge in [0.2, 0.25) is 5.91 Å². The van der Waals surface area contributed by atoms with Crippen molar-refractivity contribution < 1.29 is 18.3 Å². The van der Waals surface area contributed by atoms with Crippen molar-refractivity contribution >= 4 is 5.91 Å². The topological polar surface area (TPSA) is 38.3 Å². The Labute approximate surface area is 113 Å². The van der Waals surface area contributed by atoms with Gasteiger partial charge < -0.3 is 10.1 Å². The molecule has 1 aliphatic rings. The Morgan fingerprint density at radius 3 is 2.74 bits per heavy atom. The van der Waals surface area contributed by atoms with Crippen molar-refractivity contribution in [2.24, 2.45) is 0 Å². The molecule has 3 nitrogen and oxygen atoms in total. The molecule has 1 rings (SSSR count). The summed E-state index contributed by atoms with van der Waals surface area (Å²) in [4.78, 5) is 11.6. The van der Waals surface area contributed by atoms with Crippen molar-refractivity contribution in [2.75, 3.05) is 6.61 Å². The van der Waals surface area contributed by atoms with Crippen LogP contribution in [0.5, 0.6) is 0 Å². The van der Waals surface area contributed by atoms with E-state index in [0.717, 1.165) is 0 Å². The van der Waals surface area contributed by atoms with Crippen LogP contribution in [-0.4, -0.2) is 30.1 Å². The molecular formula is C14H21F2NO2. The molecule has 1 unspecified atom stereocenters. The van der Waals surface area contributed by atoms with Gasteiger partial charge in [0, 0.05) is 18.4 Å². The predicted molar refractivity (Wildman–Crippen MR) is 68.8 cm³/mol. The molecule has 0 radical (unpaired) electrons. The maximum Gasteiger partial charge on any atom is 0.308 e. The summed E-state index contributed by atoms with van der Waals surface area (Å²) in [6.45, 7) is 5.52. The average Bonchev–Trinajstić information content (AvgIpc) is 2.21. The number of nitrogens with one attached hydrogen (secondary N) is 1. The van der Waals surface area contributed by atoms with Crippen LogP contribution in [0, 0.1) is 11.8 Å². The van der Waals surface area contributed by atoms with Gasteiger partial charge in [-0.3, -0.25) is 4.79 Å². The van der Waals surface area contributed by atoms with Gasteiger partial charge in [-0.25, -0.2) is 0 Å². The lowest BCUT2D eigenvalue weighted by molar-refractivity contribution is -0.129. The van der Waals surface area contributed by atoms with Crippen molar-refractivity contribution in [3.05, 3.63) is 0 Å². The Morgan fingerprint density at radius 1 is 1.42 bits per heavy atom. The number of halogens is 2. The maximum absolute atomic E-state index is 13.1. The molecule has 0 heterocycles. The molecule has 1 amide bonds. The Morgan fingerprint density at radius 2 is 2.11 bits per heavy atom. The van der Waals surface area contributed by atoms with Crippen LogP contribution in [0.3, 0.4) is 0 Å². The molecule has 5 heteroatoms. The monoisotopic (exact) mass is 273 g/mol. The van der Waals surface area contributed by atoms with Crippen LogP contribution in [-0.2, 0) is 9.53 Å². The molecule has 1 atom stereocenters. The fourth-order valence-electron chi connectivity index (χ4n) is 1.79. The minimum atomic E-state index is -2.93. The number of ether oxygens (including phenoxy) is 1. The highest BCUT2D eigenvalue weighted by Crippen LogP contribution is 2.24. The Kier molecular flexibility index (Phi) is 5.30. The van der Waals surface area contributed by atoms with Crippen molar-refractivity contribution in [3.63, 3.8) is 0 Å². The predicted octanol–water partition coefficient (Wildman–Crippen LogP) is 2.50. The molecule has 0 aromatic heterocycles. The quantitative estimate of drug-likeness (QED) is 0.802. The van der Waals surface area contributed by atoms with E-state index >= 15 is 0 Å². The van der Waals surface area contributed by atoms with Crippen LogP contribution in [0.15, 0.2) is 0 Å². The molecule has 0 bridgehead atoms. The number of carbonyl (C=O) groups excluding carboxylic acids is 1. The molecule has 0 aromatic rings. The zero-order valence-corrected chi connectivity index (χ0v) is 11.7. The lowest BCUT2D eigenvalue weighted by atomic mass is 10.0. The fourth-order valence-corrected chi connectivity index (χ4v) is 1.79. The number of alkyl halides is 2. The van der Waals surface area contributed by atoms with Crippen LogP contribution in [0.2, 0.25) is 0 Å². The lowest BCUT2D eigenvalue weighted by Gasteiger charge is -2.23. The third-order valence-corrected chi connectivity index (χ3v) is 2.61. The third-order valence-electron chi connectivity index (χ3n) is 2.61. The highest BCUT2D eigenvalue weighted by molar-refractivity contribution is 5.77. The summed E-state index contributed by atoms with van der Waals surface area (Å²) >= 11 is 0. The minimum Gasteiger partial charge on any atom is -0.368 e. The first-order valence-corrected chi connectivity index (χ1v) is 6.48. The van der Waals surface area contributed by atoms with E-state index in [1.54, 1.807) is 0 Å². The van der Waals surface area contributed by atoms with Crippen molar-refractivity contribution in [2.45, 2.75) is 64.0 Å². The number of hydrogen-bond acceptors (Lipinski definition) is 2. The van der Waals surface area contributed by atoms with Gasteiger partial charge in [-0.05, 0) is 39.5 Å². The van der Waals surface area contributed by atoms with Gasteiger partial charge in [-0.15, -0.1) is 0 Å². The van der Waals surface area contributed by atoms with Crippen LogP contribution in [0.25, 0.3) is 0 Å².